The van der Waals surface area contributed by atoms with Crippen LogP contribution in [0.5, 0.6) is 0 Å². The van der Waals surface area contributed by atoms with E-state index in [1.165, 1.54) is 7.11 Å². The Morgan fingerprint density at radius 1 is 1.35 bits per heavy atom. The highest BCUT2D eigenvalue weighted by Gasteiger charge is 2.42. The molecule has 0 unspecified atom stereocenters. The molecule has 1 aliphatic rings. The Morgan fingerprint density at radius 2 is 1.94 bits per heavy atom. The van der Waals surface area contributed by atoms with Crippen LogP contribution in [0.15, 0.2) is 0 Å². The molecule has 0 saturated carbocycles. The second-order valence-electron chi connectivity index (χ2n) is 5.00. The van der Waals surface area contributed by atoms with Gasteiger partial charge in [-0.1, -0.05) is 0 Å². The lowest BCUT2D eigenvalue weighted by molar-refractivity contribution is -0.145. The summed E-state index contributed by atoms with van der Waals surface area (Å²) in [5, 5.41) is 0. The van der Waals surface area contributed by atoms with Crippen molar-refractivity contribution in [3.8, 4) is 0 Å². The summed E-state index contributed by atoms with van der Waals surface area (Å²) in [4.78, 5) is 24.3. The number of carbonyl (C=O) groups is 2. The largest absolute Gasteiger partial charge is 0.467 e. The van der Waals surface area contributed by atoms with Crippen molar-refractivity contribution in [1.29, 1.82) is 0 Å². The molecular formula is C11H18FNO4. The molecule has 17 heavy (non-hydrogen) atoms. The van der Waals surface area contributed by atoms with Gasteiger partial charge in [0.1, 0.15) is 17.8 Å². The van der Waals surface area contributed by atoms with Crippen molar-refractivity contribution in [3.63, 3.8) is 0 Å². The average molecular weight is 247 g/mol. The molecule has 0 aromatic heterocycles. The number of alkyl halides is 1. The fourth-order valence-electron chi connectivity index (χ4n) is 1.67. The predicted molar refractivity (Wildman–Crippen MR) is 58.3 cm³/mol. The van der Waals surface area contributed by atoms with E-state index in [-0.39, 0.29) is 13.0 Å². The quantitative estimate of drug-likeness (QED) is 0.659. The first kappa shape index (κ1) is 13.7. The third kappa shape index (κ3) is 3.57. The number of ether oxygens (including phenoxy) is 2. The summed E-state index contributed by atoms with van der Waals surface area (Å²) >= 11 is 0. The summed E-state index contributed by atoms with van der Waals surface area (Å²) < 4.78 is 22.9. The number of esters is 1. The SMILES string of the molecule is COC(=O)[C@H]1C[C@@H](F)CN1C(=O)OC(C)(C)C. The molecule has 0 radical (unpaired) electrons. The van der Waals surface area contributed by atoms with Crippen LogP contribution in [-0.4, -0.2) is 48.4 Å². The zero-order valence-corrected chi connectivity index (χ0v) is 10.5. The van der Waals surface area contributed by atoms with Crippen LogP contribution in [0.25, 0.3) is 0 Å². The topological polar surface area (TPSA) is 55.8 Å². The van der Waals surface area contributed by atoms with Gasteiger partial charge in [-0.25, -0.2) is 14.0 Å². The van der Waals surface area contributed by atoms with Gasteiger partial charge in [-0.2, -0.15) is 0 Å². The van der Waals surface area contributed by atoms with Crippen LogP contribution in [0.1, 0.15) is 27.2 Å². The van der Waals surface area contributed by atoms with Crippen molar-refractivity contribution in [2.24, 2.45) is 0 Å². The number of nitrogens with zero attached hydrogens (tertiary/aromatic N) is 1. The summed E-state index contributed by atoms with van der Waals surface area (Å²) in [6, 6.07) is -0.884. The molecule has 5 nitrogen and oxygen atoms in total. The fraction of sp³-hybridized carbons (Fsp3) is 0.818. The van der Waals surface area contributed by atoms with Crippen molar-refractivity contribution in [1.82, 2.24) is 4.90 Å². The van der Waals surface area contributed by atoms with E-state index in [1.807, 2.05) is 0 Å². The van der Waals surface area contributed by atoms with E-state index in [9.17, 15) is 14.0 Å². The van der Waals surface area contributed by atoms with E-state index in [2.05, 4.69) is 4.74 Å². The maximum atomic E-state index is 13.3. The van der Waals surface area contributed by atoms with Crippen molar-refractivity contribution >= 4 is 12.1 Å². The third-order valence-electron chi connectivity index (χ3n) is 2.35. The van der Waals surface area contributed by atoms with E-state index in [0.29, 0.717) is 0 Å². The fourth-order valence-corrected chi connectivity index (χ4v) is 1.67. The van der Waals surface area contributed by atoms with E-state index >= 15 is 0 Å². The highest BCUT2D eigenvalue weighted by Crippen LogP contribution is 2.23. The molecule has 0 aromatic carbocycles. The number of likely N-dealkylation sites (tertiary alicyclic amines) is 1. The second-order valence-corrected chi connectivity index (χ2v) is 5.00. The van der Waals surface area contributed by atoms with Crippen molar-refractivity contribution in [3.05, 3.63) is 0 Å². The minimum absolute atomic E-state index is 0.0358. The van der Waals surface area contributed by atoms with Crippen LogP contribution < -0.4 is 0 Å². The normalized spacial score (nSPS) is 24.6. The molecule has 0 spiro atoms. The van der Waals surface area contributed by atoms with Crippen molar-refractivity contribution in [2.45, 2.75) is 45.0 Å². The standard InChI is InChI=1S/C11H18FNO4/c1-11(2,3)17-10(15)13-6-7(12)5-8(13)9(14)16-4/h7-8H,5-6H2,1-4H3/t7-,8-/m1/s1. The average Bonchev–Trinajstić information content (AvgIpc) is 2.56. The van der Waals surface area contributed by atoms with Crippen LogP contribution in [0.3, 0.4) is 0 Å². The van der Waals surface area contributed by atoms with Gasteiger partial charge in [-0.3, -0.25) is 4.90 Å². The van der Waals surface area contributed by atoms with Gasteiger partial charge in [0.25, 0.3) is 0 Å². The Morgan fingerprint density at radius 3 is 2.41 bits per heavy atom. The first-order valence-corrected chi connectivity index (χ1v) is 5.46. The molecule has 0 bridgehead atoms. The zero-order chi connectivity index (χ0) is 13.2. The first-order chi connectivity index (χ1) is 7.74. The Hall–Kier alpha value is -1.33. The number of amides is 1. The van der Waals surface area contributed by atoms with Gasteiger partial charge in [0.05, 0.1) is 13.7 Å². The summed E-state index contributed by atoms with van der Waals surface area (Å²) in [6.07, 6.45) is -1.94. The van der Waals surface area contributed by atoms with E-state index in [4.69, 9.17) is 4.74 Å². The van der Waals surface area contributed by atoms with Gasteiger partial charge >= 0.3 is 12.1 Å². The molecule has 98 valence electrons. The highest BCUT2D eigenvalue weighted by molar-refractivity contribution is 5.82. The molecule has 0 aliphatic carbocycles. The van der Waals surface area contributed by atoms with Gasteiger partial charge in [-0.15, -0.1) is 0 Å². The van der Waals surface area contributed by atoms with Gasteiger partial charge in [0.15, 0.2) is 0 Å². The van der Waals surface area contributed by atoms with Crippen LogP contribution in [0.2, 0.25) is 0 Å². The van der Waals surface area contributed by atoms with Crippen molar-refractivity contribution < 1.29 is 23.5 Å². The van der Waals surface area contributed by atoms with Crippen LogP contribution in [0.4, 0.5) is 9.18 Å². The summed E-state index contributed by atoms with van der Waals surface area (Å²) in [6.45, 7) is 5.00. The number of carbonyl (C=O) groups excluding carboxylic acids is 2. The number of halogens is 1. The van der Waals surface area contributed by atoms with Gasteiger partial charge in [-0.05, 0) is 20.8 Å². The Bertz CT molecular complexity index is 313. The number of hydrogen-bond acceptors (Lipinski definition) is 4. The summed E-state index contributed by atoms with van der Waals surface area (Å²) in [5.41, 5.74) is -0.674. The molecule has 0 N–H and O–H groups in total. The van der Waals surface area contributed by atoms with E-state index in [1.54, 1.807) is 20.8 Å². The Labute approximate surface area is 99.9 Å². The third-order valence-corrected chi connectivity index (χ3v) is 2.35. The lowest BCUT2D eigenvalue weighted by atomic mass is 10.2. The minimum Gasteiger partial charge on any atom is -0.467 e. The highest BCUT2D eigenvalue weighted by atomic mass is 19.1. The smallest absolute Gasteiger partial charge is 0.411 e. The molecule has 1 amide bonds. The van der Waals surface area contributed by atoms with Gasteiger partial charge < -0.3 is 9.47 Å². The second kappa shape index (κ2) is 4.89. The molecule has 1 heterocycles. The predicted octanol–water partition coefficient (Wildman–Crippen LogP) is 1.51. The summed E-state index contributed by atoms with van der Waals surface area (Å²) in [5.74, 6) is -0.615. The molecule has 1 fully saturated rings. The lowest BCUT2D eigenvalue weighted by Crippen LogP contribution is -2.43. The molecule has 1 aliphatic heterocycles. The van der Waals surface area contributed by atoms with E-state index in [0.717, 1.165) is 4.90 Å². The zero-order valence-electron chi connectivity index (χ0n) is 10.5. The Kier molecular flexibility index (Phi) is 3.95. The number of methoxy groups -OCH3 is 1. The monoisotopic (exact) mass is 247 g/mol. The summed E-state index contributed by atoms with van der Waals surface area (Å²) in [7, 11) is 1.21. The van der Waals surface area contributed by atoms with Gasteiger partial charge in [0.2, 0.25) is 0 Å². The van der Waals surface area contributed by atoms with E-state index < -0.39 is 29.9 Å². The Balaban J connectivity index is 2.73. The van der Waals surface area contributed by atoms with Crippen molar-refractivity contribution in [2.75, 3.05) is 13.7 Å². The van der Waals surface area contributed by atoms with Crippen LogP contribution in [0, 0.1) is 0 Å². The maximum absolute atomic E-state index is 13.3. The van der Waals surface area contributed by atoms with Gasteiger partial charge in [0, 0.05) is 6.42 Å². The minimum atomic E-state index is -1.22. The molecule has 6 heteroatoms. The maximum Gasteiger partial charge on any atom is 0.411 e. The number of hydrogen-bond donors (Lipinski definition) is 0. The number of rotatable bonds is 1. The van der Waals surface area contributed by atoms with Crippen LogP contribution >= 0.6 is 0 Å². The molecule has 0 aromatic rings. The molecule has 1 rings (SSSR count). The molecular weight excluding hydrogens is 229 g/mol. The first-order valence-electron chi connectivity index (χ1n) is 5.46. The molecule has 1 saturated heterocycles. The lowest BCUT2D eigenvalue weighted by Gasteiger charge is -2.27. The molecule has 2 atom stereocenters. The van der Waals surface area contributed by atoms with Crippen LogP contribution in [-0.2, 0) is 14.3 Å².